The zero-order valence-corrected chi connectivity index (χ0v) is 8.36. The molecular weight excluding hydrogens is 218 g/mol. The highest BCUT2D eigenvalue weighted by Gasteiger charge is 2.18. The lowest BCUT2D eigenvalue weighted by Crippen LogP contribution is -2.14. The molecule has 15 heavy (non-hydrogen) atoms. The summed E-state index contributed by atoms with van der Waals surface area (Å²) in [5.74, 6) is -0.540. The van der Waals surface area contributed by atoms with Crippen LogP contribution in [0.5, 0.6) is 0 Å². The van der Waals surface area contributed by atoms with Crippen LogP contribution >= 0.6 is 0 Å². The molecule has 1 aromatic rings. The Morgan fingerprint density at radius 3 is 2.73 bits per heavy atom. The number of carbonyl (C=O) groups is 1. The number of hydrogen-bond donors (Lipinski definition) is 1. The Kier molecular flexibility index (Phi) is 2.13. The van der Waals surface area contributed by atoms with Crippen molar-refractivity contribution in [2.45, 2.75) is 11.4 Å². The maximum absolute atomic E-state index is 11.3. The second kappa shape index (κ2) is 3.21. The molecule has 0 radical (unpaired) electrons. The summed E-state index contributed by atoms with van der Waals surface area (Å²) in [5.41, 5.74) is 0.902. The molecule has 78 valence electrons. The fourth-order valence-electron chi connectivity index (χ4n) is 1.30. The van der Waals surface area contributed by atoms with Gasteiger partial charge in [0, 0.05) is 5.56 Å². The van der Waals surface area contributed by atoms with Crippen LogP contribution in [0.2, 0.25) is 0 Å². The van der Waals surface area contributed by atoms with Gasteiger partial charge in [-0.3, -0.25) is 4.79 Å². The van der Waals surface area contributed by atoms with Crippen LogP contribution in [0.3, 0.4) is 0 Å². The number of benzene rings is 1. The van der Waals surface area contributed by atoms with Crippen molar-refractivity contribution in [1.29, 1.82) is 0 Å². The molecule has 0 atom stereocenters. The predicted octanol–water partition coefficient (Wildman–Crippen LogP) is 0.440. The molecule has 0 aliphatic carbocycles. The number of rotatable bonds is 1. The molecule has 7 heteroatoms. The van der Waals surface area contributed by atoms with E-state index in [1.54, 1.807) is 0 Å². The number of hydrogen-bond acceptors (Lipinski definition) is 4. The number of azo groups is 1. The van der Waals surface area contributed by atoms with Gasteiger partial charge in [-0.2, -0.15) is 5.11 Å². The molecule has 2 N–H and O–H groups in total. The predicted molar refractivity (Wildman–Crippen MR) is 50.7 cm³/mol. The lowest BCUT2D eigenvalue weighted by molar-refractivity contribution is 0.0987. The Morgan fingerprint density at radius 2 is 2.07 bits per heavy atom. The first-order chi connectivity index (χ1) is 6.98. The lowest BCUT2D eigenvalue weighted by atomic mass is 10.1. The third-order valence-electron chi connectivity index (χ3n) is 2.04. The zero-order valence-electron chi connectivity index (χ0n) is 7.54. The van der Waals surface area contributed by atoms with Crippen molar-refractivity contribution in [1.82, 2.24) is 0 Å². The molecule has 1 heterocycles. The Bertz CT molecular complexity index is 562. The minimum atomic E-state index is -3.78. The van der Waals surface area contributed by atoms with E-state index in [0.29, 0.717) is 5.56 Å². The van der Waals surface area contributed by atoms with E-state index in [9.17, 15) is 13.2 Å². The first kappa shape index (κ1) is 9.94. The Morgan fingerprint density at radius 1 is 1.33 bits per heavy atom. The number of fused-ring (bicyclic) bond motifs is 1. The first-order valence-electron chi connectivity index (χ1n) is 4.06. The molecule has 0 spiro atoms. The van der Waals surface area contributed by atoms with Crippen LogP contribution in [-0.2, 0) is 16.6 Å². The van der Waals surface area contributed by atoms with Gasteiger partial charge in [0.05, 0.1) is 11.4 Å². The second-order valence-electron chi connectivity index (χ2n) is 3.07. The van der Waals surface area contributed by atoms with Crippen molar-refractivity contribution < 1.29 is 13.2 Å². The molecule has 0 saturated heterocycles. The molecule has 0 unspecified atom stereocenters. The molecule has 1 aliphatic heterocycles. The molecule has 0 aromatic heterocycles. The summed E-state index contributed by atoms with van der Waals surface area (Å²) in [6.45, 7) is 0.284. The van der Waals surface area contributed by atoms with Crippen LogP contribution in [-0.4, -0.2) is 14.3 Å². The standard InChI is InChI=1S/C8H7N3O3S/c9-15(13,14)6-2-1-5-4-10-11-8(12)7(5)3-6/h1-3H,4H2,(H2,9,13,14). The third kappa shape index (κ3) is 1.79. The fraction of sp³-hybridized carbons (Fsp3) is 0.125. The van der Waals surface area contributed by atoms with Gasteiger partial charge in [-0.25, -0.2) is 13.6 Å². The van der Waals surface area contributed by atoms with Gasteiger partial charge in [0.1, 0.15) is 0 Å². The highest BCUT2D eigenvalue weighted by molar-refractivity contribution is 7.89. The molecule has 0 saturated carbocycles. The monoisotopic (exact) mass is 225 g/mol. The van der Waals surface area contributed by atoms with Gasteiger partial charge < -0.3 is 0 Å². The van der Waals surface area contributed by atoms with Crippen molar-refractivity contribution in [3.05, 3.63) is 29.3 Å². The van der Waals surface area contributed by atoms with Crippen molar-refractivity contribution >= 4 is 15.9 Å². The van der Waals surface area contributed by atoms with Gasteiger partial charge in [0.2, 0.25) is 10.0 Å². The summed E-state index contributed by atoms with van der Waals surface area (Å²) < 4.78 is 22.1. The van der Waals surface area contributed by atoms with Gasteiger partial charge in [-0.15, -0.1) is 5.11 Å². The Hall–Kier alpha value is -1.60. The Balaban J connectivity index is 2.62. The van der Waals surface area contributed by atoms with Crippen LogP contribution in [0.25, 0.3) is 0 Å². The maximum atomic E-state index is 11.3. The number of nitrogens with zero attached hydrogens (tertiary/aromatic N) is 2. The normalized spacial score (nSPS) is 15.1. The lowest BCUT2D eigenvalue weighted by Gasteiger charge is -2.08. The van der Waals surface area contributed by atoms with Crippen molar-refractivity contribution in [2.75, 3.05) is 0 Å². The number of primary sulfonamides is 1. The van der Waals surface area contributed by atoms with Gasteiger partial charge in [0.15, 0.2) is 0 Å². The van der Waals surface area contributed by atoms with Crippen LogP contribution in [0, 0.1) is 0 Å². The highest BCUT2D eigenvalue weighted by atomic mass is 32.2. The van der Waals surface area contributed by atoms with E-state index in [-0.39, 0.29) is 17.0 Å². The maximum Gasteiger partial charge on any atom is 0.295 e. The van der Waals surface area contributed by atoms with Crippen molar-refractivity contribution in [3.8, 4) is 0 Å². The van der Waals surface area contributed by atoms with Crippen LogP contribution in [0.4, 0.5) is 0 Å². The van der Waals surface area contributed by atoms with Gasteiger partial charge >= 0.3 is 0 Å². The summed E-state index contributed by atoms with van der Waals surface area (Å²) in [5, 5.41) is 11.9. The van der Waals surface area contributed by atoms with Gasteiger partial charge in [-0.05, 0) is 17.7 Å². The molecule has 1 aliphatic rings. The molecule has 2 rings (SSSR count). The SMILES string of the molecule is NS(=O)(=O)c1ccc2c(c1)C(=O)N=NC2. The molecule has 0 fully saturated rings. The van der Waals surface area contributed by atoms with E-state index in [4.69, 9.17) is 5.14 Å². The molecular formula is C8H7N3O3S. The van der Waals surface area contributed by atoms with E-state index in [0.717, 1.165) is 0 Å². The fourth-order valence-corrected chi connectivity index (χ4v) is 1.84. The largest absolute Gasteiger partial charge is 0.295 e. The van der Waals surface area contributed by atoms with Crippen molar-refractivity contribution in [3.63, 3.8) is 0 Å². The van der Waals surface area contributed by atoms with Gasteiger partial charge in [-0.1, -0.05) is 6.07 Å². The number of amides is 1. The van der Waals surface area contributed by atoms with E-state index in [1.807, 2.05) is 0 Å². The van der Waals surface area contributed by atoms with Gasteiger partial charge in [0.25, 0.3) is 5.91 Å². The quantitative estimate of drug-likeness (QED) is 0.750. The molecule has 6 nitrogen and oxygen atoms in total. The smallest absolute Gasteiger partial charge is 0.265 e. The minimum Gasteiger partial charge on any atom is -0.265 e. The Labute approximate surface area is 85.9 Å². The second-order valence-corrected chi connectivity index (χ2v) is 4.63. The van der Waals surface area contributed by atoms with Crippen LogP contribution < -0.4 is 5.14 Å². The van der Waals surface area contributed by atoms with Crippen LogP contribution in [0.15, 0.2) is 33.3 Å². The third-order valence-corrected chi connectivity index (χ3v) is 2.95. The van der Waals surface area contributed by atoms with Crippen LogP contribution in [0.1, 0.15) is 15.9 Å². The van der Waals surface area contributed by atoms with Crippen molar-refractivity contribution in [2.24, 2.45) is 15.4 Å². The number of sulfonamides is 1. The minimum absolute atomic E-state index is 0.0910. The summed E-state index contributed by atoms with van der Waals surface area (Å²) in [4.78, 5) is 11.2. The highest BCUT2D eigenvalue weighted by Crippen LogP contribution is 2.20. The number of carbonyl (C=O) groups excluding carboxylic acids is 1. The summed E-state index contributed by atoms with van der Waals surface area (Å²) in [7, 11) is -3.78. The van der Waals surface area contributed by atoms with E-state index >= 15 is 0 Å². The summed E-state index contributed by atoms with van der Waals surface area (Å²) in [6.07, 6.45) is 0. The summed E-state index contributed by atoms with van der Waals surface area (Å²) >= 11 is 0. The topological polar surface area (TPSA) is 102 Å². The molecule has 0 bridgehead atoms. The van der Waals surface area contributed by atoms with E-state index < -0.39 is 15.9 Å². The van der Waals surface area contributed by atoms with E-state index in [2.05, 4.69) is 10.2 Å². The summed E-state index contributed by atoms with van der Waals surface area (Å²) in [6, 6.07) is 4.10. The van der Waals surface area contributed by atoms with E-state index in [1.165, 1.54) is 18.2 Å². The average molecular weight is 225 g/mol. The molecule has 1 aromatic carbocycles. The average Bonchev–Trinajstić information content (AvgIpc) is 2.16. The molecule has 1 amide bonds. The number of nitrogens with two attached hydrogens (primary N) is 1. The zero-order chi connectivity index (χ0) is 11.1. The first-order valence-corrected chi connectivity index (χ1v) is 5.61.